The monoisotopic (exact) mass is 312 g/mol. The number of nitrogens with one attached hydrogen (secondary N) is 1. The Morgan fingerprint density at radius 1 is 1.18 bits per heavy atom. The van der Waals surface area contributed by atoms with E-state index in [0.29, 0.717) is 5.75 Å². The molecule has 3 N–H and O–H groups in total. The molecule has 1 aromatic heterocycles. The van der Waals surface area contributed by atoms with Crippen LogP contribution in [0.3, 0.4) is 0 Å². The van der Waals surface area contributed by atoms with Crippen molar-refractivity contribution < 1.29 is 4.74 Å². The first kappa shape index (κ1) is 14.5. The number of benzene rings is 2. The summed E-state index contributed by atoms with van der Waals surface area (Å²) in [6.45, 7) is 0. The maximum atomic E-state index is 12.2. The Hall–Kier alpha value is -2.40. The van der Waals surface area contributed by atoms with Crippen molar-refractivity contribution in [2.45, 2.75) is 10.6 Å². The summed E-state index contributed by atoms with van der Waals surface area (Å²) in [6, 6.07) is 15.2. The van der Waals surface area contributed by atoms with Crippen molar-refractivity contribution in [1.29, 1.82) is 0 Å². The van der Waals surface area contributed by atoms with Gasteiger partial charge >= 0.3 is 0 Å². The lowest BCUT2D eigenvalue weighted by molar-refractivity contribution is 0.415. The number of H-pyrrole nitrogens is 1. The SMILES string of the molecule is COc1ccc2[nH]c(=O)c(CSc3cccc(N)c3)cc2c1. The minimum absolute atomic E-state index is 0.0610. The molecule has 0 saturated carbocycles. The Morgan fingerprint density at radius 3 is 2.82 bits per heavy atom. The fraction of sp³-hybridized carbons (Fsp3) is 0.118. The van der Waals surface area contributed by atoms with Gasteiger partial charge in [0.2, 0.25) is 0 Å². The average Bonchev–Trinajstić information content (AvgIpc) is 2.52. The second kappa shape index (κ2) is 6.15. The third-order valence-electron chi connectivity index (χ3n) is 3.38. The van der Waals surface area contributed by atoms with Crippen LogP contribution in [0.1, 0.15) is 5.56 Å². The van der Waals surface area contributed by atoms with Crippen LogP contribution in [0.4, 0.5) is 5.69 Å². The molecule has 2 aromatic carbocycles. The van der Waals surface area contributed by atoms with Gasteiger partial charge in [-0.25, -0.2) is 0 Å². The molecule has 0 fully saturated rings. The number of thioether (sulfide) groups is 1. The first-order valence-electron chi connectivity index (χ1n) is 6.84. The summed E-state index contributed by atoms with van der Waals surface area (Å²) in [4.78, 5) is 16.1. The lowest BCUT2D eigenvalue weighted by atomic mass is 10.1. The van der Waals surface area contributed by atoms with Gasteiger partial charge in [-0.3, -0.25) is 4.79 Å². The molecular weight excluding hydrogens is 296 g/mol. The van der Waals surface area contributed by atoms with Crippen LogP contribution in [-0.4, -0.2) is 12.1 Å². The van der Waals surface area contributed by atoms with E-state index in [1.165, 1.54) is 0 Å². The number of nitrogen functional groups attached to an aromatic ring is 1. The van der Waals surface area contributed by atoms with Crippen LogP contribution in [0.25, 0.3) is 10.9 Å². The molecule has 0 saturated heterocycles. The van der Waals surface area contributed by atoms with E-state index in [0.717, 1.165) is 32.8 Å². The second-order valence-electron chi connectivity index (χ2n) is 4.94. The van der Waals surface area contributed by atoms with Crippen molar-refractivity contribution in [3.8, 4) is 5.75 Å². The van der Waals surface area contributed by atoms with Gasteiger partial charge in [-0.15, -0.1) is 11.8 Å². The fourth-order valence-corrected chi connectivity index (χ4v) is 3.16. The quantitative estimate of drug-likeness (QED) is 0.572. The van der Waals surface area contributed by atoms with Gasteiger partial charge in [0.05, 0.1) is 7.11 Å². The van der Waals surface area contributed by atoms with E-state index >= 15 is 0 Å². The van der Waals surface area contributed by atoms with E-state index in [9.17, 15) is 4.79 Å². The van der Waals surface area contributed by atoms with Gasteiger partial charge in [-0.1, -0.05) is 6.07 Å². The van der Waals surface area contributed by atoms with Crippen LogP contribution in [0.15, 0.2) is 58.2 Å². The van der Waals surface area contributed by atoms with Crippen LogP contribution >= 0.6 is 11.8 Å². The first-order valence-corrected chi connectivity index (χ1v) is 7.82. The van der Waals surface area contributed by atoms with Crippen LogP contribution < -0.4 is 16.0 Å². The van der Waals surface area contributed by atoms with Gasteiger partial charge in [0.15, 0.2) is 0 Å². The van der Waals surface area contributed by atoms with Crippen LogP contribution in [0.5, 0.6) is 5.75 Å². The normalized spacial score (nSPS) is 10.8. The standard InChI is InChI=1S/C17H16N2O2S/c1-21-14-5-6-16-11(8-14)7-12(17(20)19-16)10-22-15-4-2-3-13(18)9-15/h2-9H,10,18H2,1H3,(H,19,20). The molecule has 112 valence electrons. The Labute approximate surface area is 132 Å². The Bertz CT molecular complexity index is 874. The number of ether oxygens (including phenoxy) is 1. The molecule has 5 heteroatoms. The number of pyridine rings is 1. The van der Waals surface area contributed by atoms with Gasteiger partial charge in [0.25, 0.3) is 5.56 Å². The number of hydrogen-bond donors (Lipinski definition) is 2. The van der Waals surface area contributed by atoms with Crippen molar-refractivity contribution in [3.05, 3.63) is 64.4 Å². The van der Waals surface area contributed by atoms with Gasteiger partial charge in [-0.05, 0) is 42.5 Å². The third-order valence-corrected chi connectivity index (χ3v) is 4.42. The smallest absolute Gasteiger partial charge is 0.252 e. The molecule has 3 aromatic rings. The molecule has 0 aliphatic carbocycles. The topological polar surface area (TPSA) is 68.1 Å². The highest BCUT2D eigenvalue weighted by atomic mass is 32.2. The Morgan fingerprint density at radius 2 is 2.05 bits per heavy atom. The lowest BCUT2D eigenvalue weighted by Gasteiger charge is -2.06. The van der Waals surface area contributed by atoms with Crippen molar-refractivity contribution in [2.75, 3.05) is 12.8 Å². The summed E-state index contributed by atoms with van der Waals surface area (Å²) >= 11 is 1.59. The molecule has 0 aliphatic rings. The van der Waals surface area contributed by atoms with E-state index in [-0.39, 0.29) is 5.56 Å². The third kappa shape index (κ3) is 3.09. The number of aromatic amines is 1. The Balaban J connectivity index is 1.89. The summed E-state index contributed by atoms with van der Waals surface area (Å²) < 4.78 is 5.22. The predicted octanol–water partition coefficient (Wildman–Crippen LogP) is 3.41. The largest absolute Gasteiger partial charge is 0.497 e. The maximum Gasteiger partial charge on any atom is 0.252 e. The molecule has 0 radical (unpaired) electrons. The van der Waals surface area contributed by atoms with Crippen molar-refractivity contribution in [1.82, 2.24) is 4.98 Å². The van der Waals surface area contributed by atoms with Crippen LogP contribution in [-0.2, 0) is 5.75 Å². The van der Waals surface area contributed by atoms with Crippen LogP contribution in [0, 0.1) is 0 Å². The zero-order valence-corrected chi connectivity index (χ0v) is 12.9. The molecule has 0 amide bonds. The molecule has 22 heavy (non-hydrogen) atoms. The summed E-state index contributed by atoms with van der Waals surface area (Å²) in [6.07, 6.45) is 0. The van der Waals surface area contributed by atoms with Crippen molar-refractivity contribution >= 4 is 28.4 Å². The second-order valence-corrected chi connectivity index (χ2v) is 5.99. The molecule has 0 atom stereocenters. The van der Waals surface area contributed by atoms with E-state index in [2.05, 4.69) is 4.98 Å². The Kier molecular flexibility index (Phi) is 4.06. The number of rotatable bonds is 4. The average molecular weight is 312 g/mol. The van der Waals surface area contributed by atoms with Crippen molar-refractivity contribution in [2.24, 2.45) is 0 Å². The highest BCUT2D eigenvalue weighted by Gasteiger charge is 2.05. The molecule has 3 rings (SSSR count). The van der Waals surface area contributed by atoms with Crippen molar-refractivity contribution in [3.63, 3.8) is 0 Å². The van der Waals surface area contributed by atoms with Gasteiger partial charge in [0, 0.05) is 32.8 Å². The number of anilines is 1. The highest BCUT2D eigenvalue weighted by molar-refractivity contribution is 7.98. The maximum absolute atomic E-state index is 12.2. The number of hydrogen-bond acceptors (Lipinski definition) is 4. The summed E-state index contributed by atoms with van der Waals surface area (Å²) in [5.74, 6) is 1.36. The molecule has 0 spiro atoms. The molecular formula is C17H16N2O2S. The zero-order valence-electron chi connectivity index (χ0n) is 12.1. The molecule has 1 heterocycles. The minimum atomic E-state index is -0.0610. The van der Waals surface area contributed by atoms with E-state index < -0.39 is 0 Å². The highest BCUT2D eigenvalue weighted by Crippen LogP contribution is 2.25. The molecule has 0 bridgehead atoms. The van der Waals surface area contributed by atoms with Crippen LogP contribution in [0.2, 0.25) is 0 Å². The van der Waals surface area contributed by atoms with Gasteiger partial charge < -0.3 is 15.5 Å². The summed E-state index contributed by atoms with van der Waals surface area (Å²) in [5.41, 5.74) is 7.97. The summed E-state index contributed by atoms with van der Waals surface area (Å²) in [5, 5.41) is 0.960. The number of fused-ring (bicyclic) bond motifs is 1. The lowest BCUT2D eigenvalue weighted by Crippen LogP contribution is -2.11. The van der Waals surface area contributed by atoms with Gasteiger partial charge in [0.1, 0.15) is 5.75 Å². The number of nitrogens with two attached hydrogens (primary N) is 1. The van der Waals surface area contributed by atoms with E-state index in [1.807, 2.05) is 48.5 Å². The van der Waals surface area contributed by atoms with E-state index in [1.54, 1.807) is 18.9 Å². The summed E-state index contributed by atoms with van der Waals surface area (Å²) in [7, 11) is 1.63. The number of aromatic nitrogens is 1. The predicted molar refractivity (Wildman–Crippen MR) is 91.5 cm³/mol. The van der Waals surface area contributed by atoms with E-state index in [4.69, 9.17) is 10.5 Å². The molecule has 4 nitrogen and oxygen atoms in total. The van der Waals surface area contributed by atoms with Gasteiger partial charge in [-0.2, -0.15) is 0 Å². The first-order chi connectivity index (χ1) is 10.7. The zero-order chi connectivity index (χ0) is 15.5. The molecule has 0 unspecified atom stereocenters. The molecule has 0 aliphatic heterocycles. The number of methoxy groups -OCH3 is 1. The minimum Gasteiger partial charge on any atom is -0.497 e. The fourth-order valence-electron chi connectivity index (χ4n) is 2.23.